The normalized spacial score (nSPS) is 23.4. The van der Waals surface area contributed by atoms with Crippen molar-refractivity contribution in [1.82, 2.24) is 30.1 Å². The molecule has 1 aliphatic heterocycles. The zero-order valence-corrected chi connectivity index (χ0v) is 19.7. The molecule has 36 heavy (non-hydrogen) atoms. The third-order valence-electron chi connectivity index (χ3n) is 8.33. The van der Waals surface area contributed by atoms with E-state index >= 15 is 0 Å². The second-order valence-electron chi connectivity index (χ2n) is 9.91. The van der Waals surface area contributed by atoms with Crippen molar-refractivity contribution in [2.45, 2.75) is 18.8 Å². The molecule has 2 fully saturated rings. The summed E-state index contributed by atoms with van der Waals surface area (Å²) in [6.45, 7) is 3.95. The van der Waals surface area contributed by atoms with E-state index in [1.165, 1.54) is 6.07 Å². The molecule has 2 aromatic carbocycles. The molecule has 2 aliphatic rings. The minimum absolute atomic E-state index is 0.174. The van der Waals surface area contributed by atoms with E-state index in [0.717, 1.165) is 53.1 Å². The average molecular weight is 485 g/mol. The Bertz CT molecular complexity index is 1700. The number of nitrogens with one attached hydrogen (secondary N) is 3. The molecule has 182 valence electrons. The van der Waals surface area contributed by atoms with Crippen molar-refractivity contribution in [3.05, 3.63) is 70.0 Å². The lowest BCUT2D eigenvalue weighted by Crippen LogP contribution is -2.32. The first-order valence-electron chi connectivity index (χ1n) is 12.1. The van der Waals surface area contributed by atoms with Gasteiger partial charge in [0, 0.05) is 30.6 Å². The maximum atomic E-state index is 14.7. The Labute approximate surface area is 205 Å². The summed E-state index contributed by atoms with van der Waals surface area (Å²) in [4.78, 5) is 29.1. The van der Waals surface area contributed by atoms with Crippen LogP contribution >= 0.6 is 0 Å². The van der Waals surface area contributed by atoms with Crippen LogP contribution in [-0.2, 0) is 5.41 Å². The Morgan fingerprint density at radius 1 is 1.19 bits per heavy atom. The second kappa shape index (κ2) is 7.47. The predicted molar refractivity (Wildman–Crippen MR) is 135 cm³/mol. The lowest BCUT2D eigenvalue weighted by Gasteiger charge is -2.26. The van der Waals surface area contributed by atoms with Crippen molar-refractivity contribution in [2.75, 3.05) is 24.5 Å². The van der Waals surface area contributed by atoms with Gasteiger partial charge in [-0.05, 0) is 48.4 Å². The number of anilines is 1. The number of fused-ring (bicyclic) bond motifs is 3. The lowest BCUT2D eigenvalue weighted by molar-refractivity contribution is 0.533. The van der Waals surface area contributed by atoms with Crippen molar-refractivity contribution >= 4 is 28.0 Å². The molecular weight excluding hydrogens is 459 g/mol. The molecule has 3 atom stereocenters. The number of halogens is 1. The van der Waals surface area contributed by atoms with Gasteiger partial charge in [-0.2, -0.15) is 5.10 Å². The van der Waals surface area contributed by atoms with Crippen LogP contribution in [0.25, 0.3) is 33.5 Å². The van der Waals surface area contributed by atoms with Gasteiger partial charge in [0.15, 0.2) is 5.65 Å². The van der Waals surface area contributed by atoms with E-state index < -0.39 is 0 Å². The Hall–Kier alpha value is -4.05. The van der Waals surface area contributed by atoms with Gasteiger partial charge in [-0.3, -0.25) is 5.10 Å². The van der Waals surface area contributed by atoms with E-state index in [1.54, 1.807) is 12.3 Å². The molecule has 4 heterocycles. The quantitative estimate of drug-likeness (QED) is 0.310. The van der Waals surface area contributed by atoms with E-state index in [-0.39, 0.29) is 22.8 Å². The van der Waals surface area contributed by atoms with Crippen LogP contribution in [0.3, 0.4) is 0 Å². The van der Waals surface area contributed by atoms with Gasteiger partial charge in [-0.15, -0.1) is 0 Å². The first-order chi connectivity index (χ1) is 17.5. The van der Waals surface area contributed by atoms with Crippen molar-refractivity contribution in [3.63, 3.8) is 0 Å². The average Bonchev–Trinajstić information content (AvgIpc) is 3.12. The molecule has 9 nitrogen and oxygen atoms in total. The smallest absolute Gasteiger partial charge is 0.323 e. The van der Waals surface area contributed by atoms with E-state index in [2.05, 4.69) is 25.1 Å². The number of hydrogen-bond acceptors (Lipinski definition) is 6. The van der Waals surface area contributed by atoms with Gasteiger partial charge >= 0.3 is 5.69 Å². The van der Waals surface area contributed by atoms with Gasteiger partial charge in [0.05, 0.1) is 17.2 Å². The number of nitrogens with zero attached hydrogens (tertiary/aromatic N) is 4. The highest BCUT2D eigenvalue weighted by Gasteiger charge is 2.66. The van der Waals surface area contributed by atoms with Crippen LogP contribution in [0.1, 0.15) is 17.5 Å². The molecule has 0 unspecified atom stereocenters. The number of imidazole rings is 1. The fourth-order valence-electron chi connectivity index (χ4n) is 6.47. The minimum atomic E-state index is -0.311. The summed E-state index contributed by atoms with van der Waals surface area (Å²) in [6.07, 6.45) is 2.71. The summed E-state index contributed by atoms with van der Waals surface area (Å²) in [6, 6.07) is 10.8. The van der Waals surface area contributed by atoms with E-state index in [0.29, 0.717) is 29.3 Å². The second-order valence-corrected chi connectivity index (χ2v) is 9.91. The Morgan fingerprint density at radius 3 is 2.89 bits per heavy atom. The maximum Gasteiger partial charge on any atom is 0.323 e. The molecule has 7 rings (SSSR count). The standard InChI is InChI=1S/C26H25FN8O/c1-13-14(6-7-19-21(13)32-25(36)30-19)22-23-24(34-33-22)31-20(10-29-23)35-9-8-15-17(11-35)26(15,12-28)16-4-2-3-5-18(16)27/h2-7,10,15,17H,8-9,11-12,28H2,1H3,(H2,30,32,36)(H,31,33,34)/t15-,17+,26-/m1/s1. The molecule has 1 saturated heterocycles. The van der Waals surface area contributed by atoms with Gasteiger partial charge < -0.3 is 20.6 Å². The molecule has 1 saturated carbocycles. The van der Waals surface area contributed by atoms with Crippen LogP contribution in [0.15, 0.2) is 47.4 Å². The number of H-pyrrole nitrogens is 3. The minimum Gasteiger partial charge on any atom is -0.355 e. The number of hydrogen-bond donors (Lipinski definition) is 4. The molecular formula is C26H25FN8O. The van der Waals surface area contributed by atoms with Gasteiger partial charge in [-0.25, -0.2) is 19.2 Å². The topological polar surface area (TPSA) is 132 Å². The summed E-state index contributed by atoms with van der Waals surface area (Å²) in [5.74, 6) is 1.25. The van der Waals surface area contributed by atoms with Crippen LogP contribution < -0.4 is 16.3 Å². The van der Waals surface area contributed by atoms with Gasteiger partial charge in [0.1, 0.15) is 22.8 Å². The molecule has 1 aliphatic carbocycles. The summed E-state index contributed by atoms with van der Waals surface area (Å²) in [5, 5.41) is 7.54. The van der Waals surface area contributed by atoms with E-state index in [9.17, 15) is 9.18 Å². The first kappa shape index (κ1) is 21.3. The number of nitrogens with two attached hydrogens (primary N) is 1. The van der Waals surface area contributed by atoms with Gasteiger partial charge in [-0.1, -0.05) is 24.3 Å². The molecule has 0 amide bonds. The number of rotatable bonds is 4. The van der Waals surface area contributed by atoms with Crippen LogP contribution in [0.2, 0.25) is 0 Å². The van der Waals surface area contributed by atoms with E-state index in [1.807, 2.05) is 31.2 Å². The van der Waals surface area contributed by atoms with Crippen molar-refractivity contribution in [3.8, 4) is 11.3 Å². The summed E-state index contributed by atoms with van der Waals surface area (Å²) in [5.41, 5.74) is 11.7. The maximum absolute atomic E-state index is 14.7. The van der Waals surface area contributed by atoms with Crippen LogP contribution in [0.4, 0.5) is 10.2 Å². The fraction of sp³-hybridized carbons (Fsp3) is 0.308. The molecule has 3 aromatic heterocycles. The molecule has 0 radical (unpaired) electrons. The van der Waals surface area contributed by atoms with Crippen molar-refractivity contribution in [1.29, 1.82) is 0 Å². The molecule has 5 aromatic rings. The Balaban J connectivity index is 1.20. The van der Waals surface area contributed by atoms with E-state index in [4.69, 9.17) is 15.7 Å². The fourth-order valence-corrected chi connectivity index (χ4v) is 6.47. The summed E-state index contributed by atoms with van der Waals surface area (Å²) >= 11 is 0. The SMILES string of the molecule is Cc1c(-c2n[nH]c3nc(N4CC[C@@H]5[C@H](C4)[C@@]5(CN)c4ccccc4F)cnc23)ccc2[nH]c(=O)[nH]c12. The zero-order valence-electron chi connectivity index (χ0n) is 19.7. The first-order valence-corrected chi connectivity index (χ1v) is 12.1. The number of piperidine rings is 1. The third kappa shape index (κ3) is 2.84. The van der Waals surface area contributed by atoms with Gasteiger partial charge in [0.2, 0.25) is 0 Å². The lowest BCUT2D eigenvalue weighted by atomic mass is 9.91. The zero-order chi connectivity index (χ0) is 24.6. The largest absolute Gasteiger partial charge is 0.355 e. The molecule has 10 heteroatoms. The highest BCUT2D eigenvalue weighted by molar-refractivity contribution is 5.93. The number of benzene rings is 2. The Morgan fingerprint density at radius 2 is 2.06 bits per heavy atom. The molecule has 0 bridgehead atoms. The Kier molecular flexibility index (Phi) is 4.41. The highest BCUT2D eigenvalue weighted by Crippen LogP contribution is 2.63. The van der Waals surface area contributed by atoms with Crippen LogP contribution in [0, 0.1) is 24.6 Å². The number of aryl methyl sites for hydroxylation is 1. The number of aromatic nitrogens is 6. The molecule has 0 spiro atoms. The monoisotopic (exact) mass is 484 g/mol. The van der Waals surface area contributed by atoms with Crippen LogP contribution in [-0.4, -0.2) is 49.8 Å². The highest BCUT2D eigenvalue weighted by atomic mass is 19.1. The summed E-state index contributed by atoms with van der Waals surface area (Å²) < 4.78 is 14.7. The van der Waals surface area contributed by atoms with Gasteiger partial charge in [0.25, 0.3) is 0 Å². The third-order valence-corrected chi connectivity index (χ3v) is 8.33. The molecule has 5 N–H and O–H groups in total. The van der Waals surface area contributed by atoms with Crippen molar-refractivity contribution in [2.24, 2.45) is 17.6 Å². The van der Waals surface area contributed by atoms with Crippen molar-refractivity contribution < 1.29 is 4.39 Å². The summed E-state index contributed by atoms with van der Waals surface area (Å²) in [7, 11) is 0. The number of aromatic amines is 3. The predicted octanol–water partition coefficient (Wildman–Crippen LogP) is 2.99. The van der Waals surface area contributed by atoms with Crippen LogP contribution in [0.5, 0.6) is 0 Å².